The molecule has 0 spiro atoms. The molecule has 1 saturated heterocycles. The van der Waals surface area contributed by atoms with Crippen LogP contribution in [0.15, 0.2) is 78.5 Å². The molecule has 2 aromatic carbocycles. The number of hydrogen-bond acceptors (Lipinski definition) is 10. The number of aliphatic imine (C=N–C) groups is 6. The number of nitrogens with zero attached hydrogens (tertiary/aromatic N) is 8. The second kappa shape index (κ2) is 8.79. The first kappa shape index (κ1) is 21.2. The fourth-order valence-electron chi connectivity index (χ4n) is 4.41. The van der Waals surface area contributed by atoms with E-state index >= 15 is 0 Å². The number of ether oxygens (including phenoxy) is 2. The van der Waals surface area contributed by atoms with E-state index in [0.717, 1.165) is 37.1 Å². The van der Waals surface area contributed by atoms with Crippen molar-refractivity contribution in [3.63, 3.8) is 0 Å². The summed E-state index contributed by atoms with van der Waals surface area (Å²) in [6.45, 7) is 1.81. The molecule has 6 rings (SSSR count). The van der Waals surface area contributed by atoms with Gasteiger partial charge in [-0.25, -0.2) is 4.90 Å². The second-order valence-electron chi connectivity index (χ2n) is 8.30. The minimum Gasteiger partial charge on any atom is -0.496 e. The lowest BCUT2D eigenvalue weighted by Gasteiger charge is -2.34. The molecule has 0 amide bonds. The van der Waals surface area contributed by atoms with Gasteiger partial charge in [0.2, 0.25) is 23.8 Å². The molecule has 0 radical (unpaired) electrons. The van der Waals surface area contributed by atoms with Crippen molar-refractivity contribution in [1.29, 1.82) is 0 Å². The van der Waals surface area contributed by atoms with Gasteiger partial charge < -0.3 is 14.4 Å². The third-order valence-corrected chi connectivity index (χ3v) is 6.16. The van der Waals surface area contributed by atoms with Crippen LogP contribution in [0.25, 0.3) is 0 Å². The van der Waals surface area contributed by atoms with E-state index in [1.165, 1.54) is 6.42 Å². The fraction of sp³-hybridized carbons (Fsp3) is 0.280. The zero-order chi connectivity index (χ0) is 23.8. The minimum absolute atomic E-state index is 0.395. The lowest BCUT2D eigenvalue weighted by Crippen LogP contribution is -2.50. The molecule has 4 aliphatic heterocycles. The molecular formula is C25H24N8O2. The third-order valence-electron chi connectivity index (χ3n) is 6.16. The summed E-state index contributed by atoms with van der Waals surface area (Å²) in [5.74, 6) is 4.16. The Morgan fingerprint density at radius 3 is 1.63 bits per heavy atom. The molecule has 1 fully saturated rings. The number of amidine groups is 2. The average molecular weight is 469 g/mol. The van der Waals surface area contributed by atoms with Crippen molar-refractivity contribution in [2.24, 2.45) is 30.0 Å². The topological polar surface area (TPSA) is 99.1 Å². The van der Waals surface area contributed by atoms with E-state index in [4.69, 9.17) is 39.4 Å². The Balaban J connectivity index is 1.52. The smallest absolute Gasteiger partial charge is 0.244 e. The van der Waals surface area contributed by atoms with Gasteiger partial charge in [-0.1, -0.05) is 24.3 Å². The van der Waals surface area contributed by atoms with Crippen LogP contribution in [0.3, 0.4) is 0 Å². The molecule has 0 aliphatic carbocycles. The number of piperidine rings is 1. The van der Waals surface area contributed by atoms with Gasteiger partial charge in [0.15, 0.2) is 11.7 Å². The van der Waals surface area contributed by atoms with Crippen LogP contribution in [-0.4, -0.2) is 72.6 Å². The molecule has 10 heteroatoms. The molecule has 0 saturated carbocycles. The quantitative estimate of drug-likeness (QED) is 0.688. The van der Waals surface area contributed by atoms with Crippen molar-refractivity contribution in [3.05, 3.63) is 59.7 Å². The highest BCUT2D eigenvalue weighted by atomic mass is 16.5. The summed E-state index contributed by atoms with van der Waals surface area (Å²) in [6.07, 6.45) is 3.43. The monoisotopic (exact) mass is 468 g/mol. The van der Waals surface area contributed by atoms with Crippen molar-refractivity contribution in [1.82, 2.24) is 9.80 Å². The predicted octanol–water partition coefficient (Wildman–Crippen LogP) is 3.15. The minimum atomic E-state index is 0.395. The van der Waals surface area contributed by atoms with E-state index in [1.807, 2.05) is 48.5 Å². The van der Waals surface area contributed by atoms with Crippen molar-refractivity contribution in [2.75, 3.05) is 27.3 Å². The molecule has 0 unspecified atom stereocenters. The Morgan fingerprint density at radius 2 is 1.06 bits per heavy atom. The Bertz CT molecular complexity index is 1320. The summed E-state index contributed by atoms with van der Waals surface area (Å²) in [6, 6.07) is 15.3. The van der Waals surface area contributed by atoms with Gasteiger partial charge >= 0.3 is 0 Å². The molecule has 10 nitrogen and oxygen atoms in total. The summed E-state index contributed by atoms with van der Waals surface area (Å²) in [4.78, 5) is 32.6. The summed E-state index contributed by atoms with van der Waals surface area (Å²) in [7, 11) is 3.26. The van der Waals surface area contributed by atoms with E-state index in [9.17, 15) is 0 Å². The van der Waals surface area contributed by atoms with Gasteiger partial charge in [-0.2, -0.15) is 30.0 Å². The summed E-state index contributed by atoms with van der Waals surface area (Å²) in [5, 5.41) is 0. The van der Waals surface area contributed by atoms with E-state index < -0.39 is 0 Å². The summed E-state index contributed by atoms with van der Waals surface area (Å²) >= 11 is 0. The van der Waals surface area contributed by atoms with Gasteiger partial charge in [0.05, 0.1) is 25.3 Å². The largest absolute Gasteiger partial charge is 0.496 e. The zero-order valence-corrected chi connectivity index (χ0v) is 19.5. The first-order valence-corrected chi connectivity index (χ1v) is 11.6. The molecule has 2 aromatic rings. The van der Waals surface area contributed by atoms with Crippen molar-refractivity contribution in [3.8, 4) is 11.5 Å². The molecule has 0 N–H and O–H groups in total. The van der Waals surface area contributed by atoms with E-state index in [0.29, 0.717) is 47.0 Å². The fourth-order valence-corrected chi connectivity index (χ4v) is 4.41. The van der Waals surface area contributed by atoms with Crippen LogP contribution in [0.4, 0.5) is 0 Å². The summed E-state index contributed by atoms with van der Waals surface area (Å²) in [5.41, 5.74) is 1.51. The molecule has 4 heterocycles. The van der Waals surface area contributed by atoms with Crippen LogP contribution < -0.4 is 9.47 Å². The van der Waals surface area contributed by atoms with Gasteiger partial charge in [0.25, 0.3) is 0 Å². The molecule has 0 aromatic heterocycles. The normalized spacial score (nSPS) is 18.9. The summed E-state index contributed by atoms with van der Waals surface area (Å²) < 4.78 is 11.1. The lowest BCUT2D eigenvalue weighted by molar-refractivity contribution is 0.339. The first-order valence-electron chi connectivity index (χ1n) is 11.6. The highest BCUT2D eigenvalue weighted by Gasteiger charge is 2.37. The standard InChI is InChI=1S/C25H24N8O2/c1-34-18-12-6-4-10-16(18)20-26-23-27-21(17-11-5-7-13-19(17)35-2)29-25-31-22(30-24(28-20)33(23)25)32-14-8-3-9-15-32/h4-7,10-13H,3,8-9,14-15H2,1-2H3. The van der Waals surface area contributed by atoms with E-state index in [2.05, 4.69) is 4.90 Å². The van der Waals surface area contributed by atoms with Gasteiger partial charge in [-0.15, -0.1) is 0 Å². The van der Waals surface area contributed by atoms with E-state index in [-0.39, 0.29) is 0 Å². The first-order chi connectivity index (χ1) is 17.2. The Labute approximate surface area is 202 Å². The number of methoxy groups -OCH3 is 2. The highest BCUT2D eigenvalue weighted by molar-refractivity contribution is 6.33. The van der Waals surface area contributed by atoms with Crippen LogP contribution in [0, 0.1) is 0 Å². The maximum absolute atomic E-state index is 5.56. The highest BCUT2D eigenvalue weighted by Crippen LogP contribution is 2.27. The predicted molar refractivity (Wildman–Crippen MR) is 136 cm³/mol. The van der Waals surface area contributed by atoms with Crippen LogP contribution in [-0.2, 0) is 0 Å². The molecule has 0 atom stereocenters. The SMILES string of the molecule is COc1ccccc1C1=NC2=NC(c3ccccc3OC)=NC3=NC(N4CCCCC4)=NC(=N1)N23. The molecular weight excluding hydrogens is 444 g/mol. The number of rotatable bonds is 4. The van der Waals surface area contributed by atoms with Crippen molar-refractivity contribution in [2.45, 2.75) is 19.3 Å². The van der Waals surface area contributed by atoms with Crippen LogP contribution in [0.2, 0.25) is 0 Å². The molecule has 35 heavy (non-hydrogen) atoms. The third kappa shape index (κ3) is 3.76. The van der Waals surface area contributed by atoms with Gasteiger partial charge in [-0.3, -0.25) is 0 Å². The van der Waals surface area contributed by atoms with Crippen LogP contribution in [0.1, 0.15) is 30.4 Å². The number of para-hydroxylation sites is 2. The van der Waals surface area contributed by atoms with Gasteiger partial charge in [0, 0.05) is 13.1 Å². The Hall–Kier alpha value is -4.34. The van der Waals surface area contributed by atoms with Gasteiger partial charge in [-0.05, 0) is 43.5 Å². The Morgan fingerprint density at radius 1 is 0.571 bits per heavy atom. The molecule has 0 bridgehead atoms. The van der Waals surface area contributed by atoms with E-state index in [1.54, 1.807) is 19.1 Å². The lowest BCUT2D eigenvalue weighted by atomic mass is 10.1. The molecule has 4 aliphatic rings. The average Bonchev–Trinajstić information content (AvgIpc) is 2.93. The number of hydrogen-bond donors (Lipinski definition) is 0. The number of likely N-dealkylation sites (tertiary alicyclic amines) is 1. The maximum Gasteiger partial charge on any atom is 0.244 e. The molecule has 176 valence electrons. The number of benzene rings is 2. The van der Waals surface area contributed by atoms with Crippen LogP contribution in [0.5, 0.6) is 11.5 Å². The van der Waals surface area contributed by atoms with Crippen molar-refractivity contribution >= 4 is 35.5 Å². The second-order valence-corrected chi connectivity index (χ2v) is 8.30. The van der Waals surface area contributed by atoms with Crippen LogP contribution >= 0.6 is 0 Å². The Kier molecular flexibility index (Phi) is 5.32. The number of guanidine groups is 4. The van der Waals surface area contributed by atoms with Gasteiger partial charge in [0.1, 0.15) is 11.5 Å². The zero-order valence-electron chi connectivity index (χ0n) is 19.5. The maximum atomic E-state index is 5.56. The van der Waals surface area contributed by atoms with Crippen molar-refractivity contribution < 1.29 is 9.47 Å².